The van der Waals surface area contributed by atoms with Crippen LogP contribution in [0.3, 0.4) is 0 Å². The SMILES string of the molecule is Cc1[nH][nH]c(=O)c1C(c1cccc(OC(=O)c2ccccc2F)c1)c1c(C)[nH][nH]c1=O. The minimum atomic E-state index is -0.849. The third kappa shape index (κ3) is 3.73. The van der Waals surface area contributed by atoms with E-state index in [0.717, 1.165) is 0 Å². The quantitative estimate of drug-likeness (QED) is 0.292. The maximum absolute atomic E-state index is 13.9. The topological polar surface area (TPSA) is 124 Å². The number of aromatic nitrogens is 4. The van der Waals surface area contributed by atoms with Crippen LogP contribution < -0.4 is 15.9 Å². The molecular formula is C22H19FN4O4. The van der Waals surface area contributed by atoms with Gasteiger partial charge in [0.05, 0.1) is 16.7 Å². The van der Waals surface area contributed by atoms with Gasteiger partial charge in [-0.05, 0) is 43.7 Å². The first kappa shape index (κ1) is 20.1. The van der Waals surface area contributed by atoms with Gasteiger partial charge >= 0.3 is 5.97 Å². The van der Waals surface area contributed by atoms with Crippen LogP contribution in [0.5, 0.6) is 5.75 Å². The third-order valence-corrected chi connectivity index (χ3v) is 5.10. The fourth-order valence-corrected chi connectivity index (χ4v) is 3.63. The number of nitrogens with one attached hydrogen (secondary N) is 4. The zero-order chi connectivity index (χ0) is 22.1. The van der Waals surface area contributed by atoms with E-state index in [1.807, 2.05) is 0 Å². The molecule has 2 aromatic carbocycles. The smallest absolute Gasteiger partial charge is 0.346 e. The fourth-order valence-electron chi connectivity index (χ4n) is 3.63. The van der Waals surface area contributed by atoms with Gasteiger partial charge in [0.1, 0.15) is 11.6 Å². The van der Waals surface area contributed by atoms with E-state index in [4.69, 9.17) is 4.74 Å². The molecule has 0 spiro atoms. The minimum absolute atomic E-state index is 0.157. The Bertz CT molecular complexity index is 1320. The van der Waals surface area contributed by atoms with Crippen LogP contribution in [0.4, 0.5) is 4.39 Å². The number of ether oxygens (including phenoxy) is 1. The van der Waals surface area contributed by atoms with Gasteiger partial charge in [0.15, 0.2) is 0 Å². The van der Waals surface area contributed by atoms with Crippen molar-refractivity contribution < 1.29 is 13.9 Å². The molecule has 0 fully saturated rings. The highest BCUT2D eigenvalue weighted by Gasteiger charge is 2.28. The summed E-state index contributed by atoms with van der Waals surface area (Å²) in [5.41, 5.74) is 1.51. The molecule has 0 unspecified atom stereocenters. The molecule has 158 valence electrons. The van der Waals surface area contributed by atoms with Crippen LogP contribution in [-0.4, -0.2) is 26.4 Å². The molecule has 9 heteroatoms. The van der Waals surface area contributed by atoms with Gasteiger partial charge in [-0.25, -0.2) is 9.18 Å². The summed E-state index contributed by atoms with van der Waals surface area (Å²) in [6.07, 6.45) is 0. The summed E-state index contributed by atoms with van der Waals surface area (Å²) in [5.74, 6) is -2.11. The molecule has 0 atom stereocenters. The van der Waals surface area contributed by atoms with Gasteiger partial charge in [-0.2, -0.15) is 0 Å². The molecule has 0 saturated heterocycles. The standard InChI is InChI=1S/C22H19FN4O4/c1-11-17(20(28)26-24-11)19(18-12(2)25-27-21(18)29)13-6-5-7-14(10-13)31-22(30)15-8-3-4-9-16(15)23/h3-10,19H,1-2H3,(H2,24,26,28)(H2,25,27,29). The molecule has 2 aromatic heterocycles. The van der Waals surface area contributed by atoms with Gasteiger partial charge < -0.3 is 14.9 Å². The molecular weight excluding hydrogens is 403 g/mol. The molecule has 0 bridgehead atoms. The van der Waals surface area contributed by atoms with E-state index in [9.17, 15) is 18.8 Å². The van der Waals surface area contributed by atoms with Crippen molar-refractivity contribution in [3.05, 3.63) is 109 Å². The molecule has 4 N–H and O–H groups in total. The van der Waals surface area contributed by atoms with Crippen molar-refractivity contribution >= 4 is 5.97 Å². The molecule has 0 saturated carbocycles. The summed E-state index contributed by atoms with van der Waals surface area (Å²) >= 11 is 0. The van der Waals surface area contributed by atoms with Gasteiger partial charge in [-0.15, -0.1) is 0 Å². The normalized spacial score (nSPS) is 11.1. The number of rotatable bonds is 5. The first-order chi connectivity index (χ1) is 14.9. The van der Waals surface area contributed by atoms with Crippen molar-refractivity contribution in [1.29, 1.82) is 0 Å². The van der Waals surface area contributed by atoms with E-state index in [-0.39, 0.29) is 22.4 Å². The average molecular weight is 422 g/mol. The summed E-state index contributed by atoms with van der Waals surface area (Å²) in [4.78, 5) is 37.5. The highest BCUT2D eigenvalue weighted by Crippen LogP contribution is 2.32. The van der Waals surface area contributed by atoms with E-state index in [0.29, 0.717) is 28.1 Å². The predicted octanol–water partition coefficient (Wildman–Crippen LogP) is 2.87. The van der Waals surface area contributed by atoms with Crippen molar-refractivity contribution in [2.45, 2.75) is 19.8 Å². The zero-order valence-corrected chi connectivity index (χ0v) is 16.7. The lowest BCUT2D eigenvalue weighted by molar-refractivity contribution is 0.0730. The van der Waals surface area contributed by atoms with Gasteiger partial charge in [-0.1, -0.05) is 24.3 Å². The van der Waals surface area contributed by atoms with E-state index in [2.05, 4.69) is 20.4 Å². The summed E-state index contributed by atoms with van der Waals surface area (Å²) in [5, 5.41) is 10.6. The van der Waals surface area contributed by atoms with Crippen molar-refractivity contribution in [1.82, 2.24) is 20.4 Å². The van der Waals surface area contributed by atoms with Crippen LogP contribution in [0, 0.1) is 19.7 Å². The summed E-state index contributed by atoms with van der Waals surface area (Å²) < 4.78 is 19.3. The summed E-state index contributed by atoms with van der Waals surface area (Å²) in [7, 11) is 0. The lowest BCUT2D eigenvalue weighted by Gasteiger charge is -2.17. The van der Waals surface area contributed by atoms with Crippen molar-refractivity contribution in [2.75, 3.05) is 0 Å². The Morgan fingerprint density at radius 2 is 1.48 bits per heavy atom. The summed E-state index contributed by atoms with van der Waals surface area (Å²) in [6, 6.07) is 12.0. The van der Waals surface area contributed by atoms with E-state index in [1.165, 1.54) is 24.3 Å². The van der Waals surface area contributed by atoms with E-state index < -0.39 is 17.7 Å². The van der Waals surface area contributed by atoms with Gasteiger partial charge in [-0.3, -0.25) is 19.8 Å². The number of aryl methyl sites for hydroxylation is 2. The monoisotopic (exact) mass is 422 g/mol. The molecule has 31 heavy (non-hydrogen) atoms. The van der Waals surface area contributed by atoms with E-state index in [1.54, 1.807) is 38.1 Å². The third-order valence-electron chi connectivity index (χ3n) is 5.10. The van der Waals surface area contributed by atoms with Crippen LogP contribution in [-0.2, 0) is 0 Å². The number of H-pyrrole nitrogens is 4. The molecule has 0 radical (unpaired) electrons. The number of carbonyl (C=O) groups is 1. The molecule has 4 aromatic rings. The molecule has 0 amide bonds. The molecule has 2 heterocycles. The number of benzene rings is 2. The zero-order valence-electron chi connectivity index (χ0n) is 16.7. The molecule has 8 nitrogen and oxygen atoms in total. The summed E-state index contributed by atoms with van der Waals surface area (Å²) in [6.45, 7) is 3.44. The Morgan fingerprint density at radius 3 is 2.03 bits per heavy atom. The van der Waals surface area contributed by atoms with E-state index >= 15 is 0 Å². The highest BCUT2D eigenvalue weighted by atomic mass is 19.1. The Labute approximate surface area is 175 Å². The molecule has 4 rings (SSSR count). The number of esters is 1. The molecule has 0 aliphatic rings. The number of halogens is 1. The van der Waals surface area contributed by atoms with Gasteiger partial charge in [0.25, 0.3) is 11.1 Å². The average Bonchev–Trinajstić information content (AvgIpc) is 3.25. The second-order valence-electron chi connectivity index (χ2n) is 7.11. The molecule has 0 aliphatic heterocycles. The second-order valence-corrected chi connectivity index (χ2v) is 7.11. The fraction of sp³-hybridized carbons (Fsp3) is 0.136. The number of carbonyl (C=O) groups excluding carboxylic acids is 1. The maximum atomic E-state index is 13.9. The second kappa shape index (κ2) is 7.94. The number of hydrogen-bond donors (Lipinski definition) is 4. The van der Waals surface area contributed by atoms with Crippen LogP contribution in [0.1, 0.15) is 44.4 Å². The van der Waals surface area contributed by atoms with Crippen molar-refractivity contribution in [3.63, 3.8) is 0 Å². The van der Waals surface area contributed by atoms with Crippen molar-refractivity contribution in [2.24, 2.45) is 0 Å². The lowest BCUT2D eigenvalue weighted by Crippen LogP contribution is -2.20. The number of hydrogen-bond acceptors (Lipinski definition) is 4. The van der Waals surface area contributed by atoms with Crippen LogP contribution in [0.2, 0.25) is 0 Å². The first-order valence-electron chi connectivity index (χ1n) is 9.47. The highest BCUT2D eigenvalue weighted by molar-refractivity contribution is 5.91. The maximum Gasteiger partial charge on any atom is 0.346 e. The van der Waals surface area contributed by atoms with Crippen LogP contribution >= 0.6 is 0 Å². The molecule has 0 aliphatic carbocycles. The Kier molecular flexibility index (Phi) is 5.16. The predicted molar refractivity (Wildman–Crippen MR) is 111 cm³/mol. The van der Waals surface area contributed by atoms with Crippen LogP contribution in [0.15, 0.2) is 58.1 Å². The Balaban J connectivity index is 1.79. The number of aromatic amines is 4. The van der Waals surface area contributed by atoms with Gasteiger partial charge in [0, 0.05) is 17.3 Å². The van der Waals surface area contributed by atoms with Crippen LogP contribution in [0.25, 0.3) is 0 Å². The van der Waals surface area contributed by atoms with Crippen molar-refractivity contribution in [3.8, 4) is 5.75 Å². The minimum Gasteiger partial charge on any atom is -0.423 e. The van der Waals surface area contributed by atoms with Gasteiger partial charge in [0.2, 0.25) is 0 Å². The Hall–Kier alpha value is -4.14. The lowest BCUT2D eigenvalue weighted by atomic mass is 9.85. The first-order valence-corrected chi connectivity index (χ1v) is 9.47. The Morgan fingerprint density at radius 1 is 0.871 bits per heavy atom. The largest absolute Gasteiger partial charge is 0.423 e.